The van der Waals surface area contributed by atoms with Crippen LogP contribution in [0.15, 0.2) is 28.7 Å². The van der Waals surface area contributed by atoms with Gasteiger partial charge in [0.05, 0.1) is 11.5 Å². The van der Waals surface area contributed by atoms with E-state index in [1.54, 1.807) is 23.6 Å². The monoisotopic (exact) mass is 469 g/mol. The summed E-state index contributed by atoms with van der Waals surface area (Å²) < 4.78 is 5.76. The van der Waals surface area contributed by atoms with Crippen LogP contribution >= 0.6 is 27.7 Å². The lowest BCUT2D eigenvalue weighted by atomic mass is 10.0. The average molecular weight is 470 g/mol. The molecule has 0 bridgehead atoms. The smallest absolute Gasteiger partial charge is 0.325 e. The van der Waals surface area contributed by atoms with Crippen LogP contribution in [-0.4, -0.2) is 71.1 Å². The molecule has 0 atom stereocenters. The molecule has 0 unspecified atom stereocenters. The van der Waals surface area contributed by atoms with Gasteiger partial charge in [0.15, 0.2) is 0 Å². The minimum absolute atomic E-state index is 0.0395. The van der Waals surface area contributed by atoms with Crippen LogP contribution in [0.1, 0.15) is 30.1 Å². The molecular formula is C19H24BrN3O4S. The molecule has 0 radical (unpaired) electrons. The maximum Gasteiger partial charge on any atom is 0.325 e. The van der Waals surface area contributed by atoms with E-state index in [0.29, 0.717) is 44.6 Å². The van der Waals surface area contributed by atoms with E-state index in [1.165, 1.54) is 0 Å². The number of hydrogen-bond acceptors (Lipinski definition) is 5. The Bertz CT molecular complexity index is 735. The zero-order valence-corrected chi connectivity index (χ0v) is 18.2. The van der Waals surface area contributed by atoms with Gasteiger partial charge < -0.3 is 19.9 Å². The fourth-order valence-electron chi connectivity index (χ4n) is 3.59. The van der Waals surface area contributed by atoms with E-state index in [2.05, 4.69) is 21.2 Å². The second-order valence-corrected chi connectivity index (χ2v) is 9.08. The molecule has 1 spiro atoms. The largest absolute Gasteiger partial charge is 0.465 e. The Morgan fingerprint density at radius 3 is 2.50 bits per heavy atom. The van der Waals surface area contributed by atoms with Gasteiger partial charge in [-0.15, -0.1) is 11.8 Å². The van der Waals surface area contributed by atoms with Crippen LogP contribution < -0.4 is 5.32 Å². The van der Waals surface area contributed by atoms with Crippen molar-refractivity contribution in [3.05, 3.63) is 34.3 Å². The molecular weight excluding hydrogens is 446 g/mol. The number of carbonyl (C=O) groups excluding carboxylic acids is 3. The fourth-order valence-corrected chi connectivity index (χ4v) is 5.31. The Kier molecular flexibility index (Phi) is 6.87. The molecule has 0 aliphatic carbocycles. The lowest BCUT2D eigenvalue weighted by Crippen LogP contribution is -2.55. The number of ether oxygens (including phenoxy) is 1. The number of urea groups is 1. The Balaban J connectivity index is 1.58. The first-order chi connectivity index (χ1) is 13.4. The van der Waals surface area contributed by atoms with Crippen molar-refractivity contribution in [1.29, 1.82) is 0 Å². The number of esters is 1. The van der Waals surface area contributed by atoms with E-state index in [-0.39, 0.29) is 23.4 Å². The van der Waals surface area contributed by atoms with Crippen molar-refractivity contribution in [2.75, 3.05) is 38.5 Å². The molecule has 1 aromatic carbocycles. The number of thioether (sulfide) groups is 1. The summed E-state index contributed by atoms with van der Waals surface area (Å²) >= 11 is 5.20. The first kappa shape index (κ1) is 21.0. The molecule has 7 nitrogen and oxygen atoms in total. The minimum atomic E-state index is -0.443. The van der Waals surface area contributed by atoms with Gasteiger partial charge in [0.1, 0.15) is 6.54 Å². The summed E-state index contributed by atoms with van der Waals surface area (Å²) in [6.45, 7) is 3.70. The molecule has 2 aliphatic heterocycles. The van der Waals surface area contributed by atoms with Gasteiger partial charge in [0, 0.05) is 35.4 Å². The van der Waals surface area contributed by atoms with Crippen molar-refractivity contribution in [2.45, 2.75) is 24.6 Å². The number of benzene rings is 1. The summed E-state index contributed by atoms with van der Waals surface area (Å²) in [6, 6.07) is 7.15. The summed E-state index contributed by atoms with van der Waals surface area (Å²) in [5, 5.41) is 2.60. The number of amides is 3. The van der Waals surface area contributed by atoms with Gasteiger partial charge in [-0.1, -0.05) is 15.9 Å². The lowest BCUT2D eigenvalue weighted by molar-refractivity contribution is -0.141. The second kappa shape index (κ2) is 9.17. The molecule has 28 heavy (non-hydrogen) atoms. The molecule has 152 valence electrons. The van der Waals surface area contributed by atoms with Gasteiger partial charge in [0.25, 0.3) is 5.91 Å². The Morgan fingerprint density at radius 2 is 1.86 bits per heavy atom. The standard InChI is InChI=1S/C19H24BrN3O4S/c1-2-27-16(24)13-21-18(26)22-9-7-19(8-10-22)23(11-12-28-19)17(25)14-3-5-15(20)6-4-14/h3-6H,2,7-13H2,1H3,(H,21,26). The SMILES string of the molecule is CCOC(=O)CNC(=O)N1CCC2(CC1)SCCN2C(=O)c1ccc(Br)cc1. The molecule has 2 fully saturated rings. The Labute approximate surface area is 177 Å². The second-order valence-electron chi connectivity index (χ2n) is 6.71. The van der Waals surface area contributed by atoms with Crippen molar-refractivity contribution < 1.29 is 19.1 Å². The molecule has 3 amide bonds. The van der Waals surface area contributed by atoms with Crippen LogP contribution in [0.4, 0.5) is 4.79 Å². The summed E-state index contributed by atoms with van der Waals surface area (Å²) in [5.41, 5.74) is 0.680. The summed E-state index contributed by atoms with van der Waals surface area (Å²) in [6.07, 6.45) is 1.43. The third-order valence-corrected chi connectivity index (χ3v) is 7.12. The third-order valence-electron chi connectivity index (χ3n) is 5.04. The first-order valence-electron chi connectivity index (χ1n) is 9.35. The Morgan fingerprint density at radius 1 is 1.18 bits per heavy atom. The van der Waals surface area contributed by atoms with Crippen molar-refractivity contribution in [3.63, 3.8) is 0 Å². The lowest BCUT2D eigenvalue weighted by Gasteiger charge is -2.44. The van der Waals surface area contributed by atoms with Gasteiger partial charge in [-0.25, -0.2) is 4.79 Å². The highest BCUT2D eigenvalue weighted by atomic mass is 79.9. The van der Waals surface area contributed by atoms with Gasteiger partial charge >= 0.3 is 12.0 Å². The van der Waals surface area contributed by atoms with E-state index in [9.17, 15) is 14.4 Å². The molecule has 1 N–H and O–H groups in total. The molecule has 1 aromatic rings. The molecule has 0 saturated carbocycles. The summed E-state index contributed by atoms with van der Waals surface area (Å²) in [5.74, 6) is 0.497. The zero-order valence-electron chi connectivity index (χ0n) is 15.8. The van der Waals surface area contributed by atoms with E-state index >= 15 is 0 Å². The van der Waals surface area contributed by atoms with E-state index < -0.39 is 5.97 Å². The van der Waals surface area contributed by atoms with Gasteiger partial charge in [-0.05, 0) is 44.0 Å². The van der Waals surface area contributed by atoms with E-state index in [0.717, 1.165) is 10.2 Å². The molecule has 0 aromatic heterocycles. The maximum absolute atomic E-state index is 13.0. The van der Waals surface area contributed by atoms with Gasteiger partial charge in [0.2, 0.25) is 0 Å². The van der Waals surface area contributed by atoms with Crippen LogP contribution in [0.3, 0.4) is 0 Å². The quantitative estimate of drug-likeness (QED) is 0.685. The first-order valence-corrected chi connectivity index (χ1v) is 11.1. The summed E-state index contributed by atoms with van der Waals surface area (Å²) in [7, 11) is 0. The van der Waals surface area contributed by atoms with Crippen LogP contribution in [0.2, 0.25) is 0 Å². The van der Waals surface area contributed by atoms with Gasteiger partial charge in [-0.2, -0.15) is 0 Å². The molecule has 2 heterocycles. The number of piperidine rings is 1. The molecule has 3 rings (SSSR count). The zero-order chi connectivity index (χ0) is 20.1. The third kappa shape index (κ3) is 4.63. The van der Waals surface area contributed by atoms with Crippen LogP contribution in [0, 0.1) is 0 Å². The molecule has 2 saturated heterocycles. The number of rotatable bonds is 4. The predicted octanol–water partition coefficient (Wildman–Crippen LogP) is 2.70. The maximum atomic E-state index is 13.0. The highest BCUT2D eigenvalue weighted by Crippen LogP contribution is 2.44. The van der Waals surface area contributed by atoms with E-state index in [4.69, 9.17) is 4.74 Å². The Hall–Kier alpha value is -1.74. The number of halogens is 1. The number of nitrogens with zero attached hydrogens (tertiary/aromatic N) is 2. The minimum Gasteiger partial charge on any atom is -0.465 e. The number of likely N-dealkylation sites (tertiary alicyclic amines) is 1. The van der Waals surface area contributed by atoms with Gasteiger partial charge in [-0.3, -0.25) is 9.59 Å². The number of carbonyl (C=O) groups is 3. The van der Waals surface area contributed by atoms with Crippen molar-refractivity contribution >= 4 is 45.6 Å². The van der Waals surface area contributed by atoms with Crippen LogP contribution in [-0.2, 0) is 9.53 Å². The summed E-state index contributed by atoms with van der Waals surface area (Å²) in [4.78, 5) is 40.1. The van der Waals surface area contributed by atoms with Crippen molar-refractivity contribution in [3.8, 4) is 0 Å². The fraction of sp³-hybridized carbons (Fsp3) is 0.526. The molecule has 2 aliphatic rings. The highest BCUT2D eigenvalue weighted by molar-refractivity contribution is 9.10. The average Bonchev–Trinajstić information content (AvgIpc) is 3.10. The predicted molar refractivity (Wildman–Crippen MR) is 111 cm³/mol. The highest BCUT2D eigenvalue weighted by Gasteiger charge is 2.47. The van der Waals surface area contributed by atoms with Crippen molar-refractivity contribution in [2.24, 2.45) is 0 Å². The normalized spacial score (nSPS) is 18.2. The van der Waals surface area contributed by atoms with Crippen LogP contribution in [0.5, 0.6) is 0 Å². The number of hydrogen-bond donors (Lipinski definition) is 1. The van der Waals surface area contributed by atoms with Crippen molar-refractivity contribution in [1.82, 2.24) is 15.1 Å². The van der Waals surface area contributed by atoms with E-state index in [1.807, 2.05) is 29.2 Å². The molecule has 9 heteroatoms. The van der Waals surface area contributed by atoms with Crippen LogP contribution in [0.25, 0.3) is 0 Å². The number of nitrogens with one attached hydrogen (secondary N) is 1. The topological polar surface area (TPSA) is 79.0 Å².